The fraction of sp³-hybridized carbons (Fsp3) is 0.300. The minimum Gasteiger partial charge on any atom is -0.260 e. The largest absolute Gasteiger partial charge is 0.260 e. The molecule has 17 heavy (non-hydrogen) atoms. The first-order valence-electron chi connectivity index (χ1n) is 4.88. The third-order valence-corrected chi connectivity index (χ3v) is 3.85. The van der Waals surface area contributed by atoms with Crippen molar-refractivity contribution in [3.05, 3.63) is 29.8 Å². The molecule has 0 saturated carbocycles. The first-order chi connectivity index (χ1) is 7.98. The van der Waals surface area contributed by atoms with Crippen LogP contribution in [0.4, 0.5) is 5.69 Å². The Morgan fingerprint density at radius 2 is 2.12 bits per heavy atom. The molecule has 0 aromatic heterocycles. The summed E-state index contributed by atoms with van der Waals surface area (Å²) in [5, 5.41) is 2.30. The first-order valence-corrected chi connectivity index (χ1v) is 7.00. The summed E-state index contributed by atoms with van der Waals surface area (Å²) in [5.41, 5.74) is 1.33. The molecule has 2 N–H and O–H groups in total. The number of thioether (sulfide) groups is 1. The number of hydrogen-bond acceptors (Lipinski definition) is 4. The maximum Gasteiger partial charge on any atom is 0.216 e. The molecule has 92 valence electrons. The van der Waals surface area contributed by atoms with Crippen LogP contribution < -0.4 is 10.9 Å². The highest BCUT2D eigenvalue weighted by Crippen LogP contribution is 2.39. The van der Waals surface area contributed by atoms with E-state index in [9.17, 15) is 0 Å². The van der Waals surface area contributed by atoms with Crippen molar-refractivity contribution in [2.24, 2.45) is 10.8 Å². The number of nitrogens with zero attached hydrogens (tertiary/aromatic N) is 2. The highest BCUT2D eigenvalue weighted by atomic mass is 35.6. The van der Waals surface area contributed by atoms with Crippen molar-refractivity contribution in [3.63, 3.8) is 0 Å². The van der Waals surface area contributed by atoms with Gasteiger partial charge in [0.1, 0.15) is 0 Å². The van der Waals surface area contributed by atoms with E-state index in [1.165, 1.54) is 5.01 Å². The van der Waals surface area contributed by atoms with E-state index < -0.39 is 3.79 Å². The molecule has 7 heteroatoms. The minimum atomic E-state index is -1.44. The molecule has 1 aromatic carbocycles. The molecular formula is C10H10Cl3N3S. The smallest absolute Gasteiger partial charge is 0.216 e. The summed E-state index contributed by atoms with van der Waals surface area (Å²) in [6.07, 6.45) is 0. The fourth-order valence-electron chi connectivity index (χ4n) is 1.41. The first kappa shape index (κ1) is 13.3. The number of alkyl halides is 3. The van der Waals surface area contributed by atoms with Crippen molar-refractivity contribution >= 4 is 57.4 Å². The molecule has 3 nitrogen and oxygen atoms in total. The zero-order chi connectivity index (χ0) is 12.5. The second-order valence-electron chi connectivity index (χ2n) is 3.43. The van der Waals surface area contributed by atoms with Gasteiger partial charge in [0.25, 0.3) is 0 Å². The van der Waals surface area contributed by atoms with Crippen LogP contribution in [0.25, 0.3) is 0 Å². The maximum atomic E-state index is 5.96. The lowest BCUT2D eigenvalue weighted by molar-refractivity contribution is 1.10. The molecule has 0 bridgehead atoms. The molecule has 0 amide bonds. The van der Waals surface area contributed by atoms with E-state index in [0.29, 0.717) is 5.56 Å². The van der Waals surface area contributed by atoms with Crippen molar-refractivity contribution in [2.45, 2.75) is 3.79 Å². The van der Waals surface area contributed by atoms with Crippen LogP contribution in [0.3, 0.4) is 0 Å². The number of hydrazine groups is 1. The highest BCUT2D eigenvalue weighted by molar-refractivity contribution is 8.14. The maximum absolute atomic E-state index is 5.96. The Labute approximate surface area is 119 Å². The number of benzene rings is 1. The van der Waals surface area contributed by atoms with Crippen molar-refractivity contribution in [3.8, 4) is 0 Å². The molecule has 0 saturated heterocycles. The van der Waals surface area contributed by atoms with E-state index in [1.54, 1.807) is 30.0 Å². The Kier molecular flexibility index (Phi) is 4.10. The Hall–Kier alpha value is -0.130. The molecule has 0 spiro atoms. The normalized spacial score (nSPS) is 15.9. The summed E-state index contributed by atoms with van der Waals surface area (Å²) in [5.74, 6) is 6.92. The molecule has 1 aromatic rings. The average Bonchev–Trinajstić information content (AvgIpc) is 2.80. The van der Waals surface area contributed by atoms with Crippen LogP contribution >= 0.6 is 46.6 Å². The van der Waals surface area contributed by atoms with Crippen LogP contribution in [0, 0.1) is 0 Å². The summed E-state index contributed by atoms with van der Waals surface area (Å²) >= 11 is 19.1. The zero-order valence-corrected chi connectivity index (χ0v) is 11.8. The fourth-order valence-corrected chi connectivity index (χ4v) is 2.56. The Bertz CT molecular complexity index is 445. The Morgan fingerprint density at radius 1 is 1.35 bits per heavy atom. The van der Waals surface area contributed by atoms with Crippen molar-refractivity contribution < 1.29 is 0 Å². The lowest BCUT2D eigenvalue weighted by atomic mass is 10.2. The van der Waals surface area contributed by atoms with Crippen LogP contribution in [0.15, 0.2) is 29.3 Å². The molecule has 0 fully saturated rings. The quantitative estimate of drug-likeness (QED) is 0.491. The molecule has 0 aliphatic carbocycles. The Balaban J connectivity index is 2.27. The molecular weight excluding hydrogens is 301 g/mol. The van der Waals surface area contributed by atoms with Gasteiger partial charge in [0.2, 0.25) is 3.79 Å². The highest BCUT2D eigenvalue weighted by Gasteiger charge is 2.24. The van der Waals surface area contributed by atoms with E-state index in [-0.39, 0.29) is 0 Å². The second kappa shape index (κ2) is 5.24. The predicted octanol–water partition coefficient (Wildman–Crippen LogP) is 3.30. The number of aliphatic imine (C=N–C) groups is 1. The lowest BCUT2D eigenvalue weighted by Crippen LogP contribution is -2.34. The van der Waals surface area contributed by atoms with Gasteiger partial charge in [-0.3, -0.25) is 10.0 Å². The van der Waals surface area contributed by atoms with Gasteiger partial charge in [-0.2, -0.15) is 0 Å². The minimum absolute atomic E-state index is 0.582. The molecule has 1 aliphatic heterocycles. The third kappa shape index (κ3) is 3.20. The van der Waals surface area contributed by atoms with Crippen molar-refractivity contribution in [2.75, 3.05) is 17.3 Å². The number of anilines is 1. The van der Waals surface area contributed by atoms with Crippen molar-refractivity contribution in [1.29, 1.82) is 0 Å². The van der Waals surface area contributed by atoms with Gasteiger partial charge in [0.15, 0.2) is 5.17 Å². The van der Waals surface area contributed by atoms with Crippen LogP contribution in [0.1, 0.15) is 5.56 Å². The topological polar surface area (TPSA) is 41.6 Å². The summed E-state index contributed by atoms with van der Waals surface area (Å²) in [7, 11) is 0. The monoisotopic (exact) mass is 309 g/mol. The summed E-state index contributed by atoms with van der Waals surface area (Å²) in [6.45, 7) is 0.790. The van der Waals surface area contributed by atoms with Crippen LogP contribution in [0.2, 0.25) is 0 Å². The van der Waals surface area contributed by atoms with Gasteiger partial charge in [0.05, 0.1) is 12.2 Å². The van der Waals surface area contributed by atoms with Gasteiger partial charge in [-0.25, -0.2) is 5.84 Å². The number of amidine groups is 1. The van der Waals surface area contributed by atoms with Crippen LogP contribution in [-0.4, -0.2) is 17.5 Å². The SMILES string of the molecule is NN(C1=NCCS1)c1cccc(C(Cl)(Cl)Cl)c1. The number of nitrogens with two attached hydrogens (primary N) is 1. The number of hydrogen-bond donors (Lipinski definition) is 1. The van der Waals surface area contributed by atoms with Gasteiger partial charge < -0.3 is 0 Å². The molecule has 0 unspecified atom stereocenters. The van der Waals surface area contributed by atoms with E-state index in [1.807, 2.05) is 6.07 Å². The van der Waals surface area contributed by atoms with Gasteiger partial charge in [-0.15, -0.1) is 0 Å². The number of halogens is 3. The van der Waals surface area contributed by atoms with Gasteiger partial charge in [-0.1, -0.05) is 58.7 Å². The summed E-state index contributed by atoms with van der Waals surface area (Å²) in [6, 6.07) is 7.14. The zero-order valence-electron chi connectivity index (χ0n) is 8.74. The van der Waals surface area contributed by atoms with Crippen molar-refractivity contribution in [1.82, 2.24) is 0 Å². The molecule has 1 aliphatic rings. The standard InChI is InChI=1S/C10H10Cl3N3S/c11-10(12,13)7-2-1-3-8(6-7)16(14)9-15-4-5-17-9/h1-3,6H,4-5,14H2. The van der Waals surface area contributed by atoms with Crippen LogP contribution in [0.5, 0.6) is 0 Å². The molecule has 2 rings (SSSR count). The lowest BCUT2D eigenvalue weighted by Gasteiger charge is -2.19. The van der Waals surface area contributed by atoms with Gasteiger partial charge in [-0.05, 0) is 12.1 Å². The average molecular weight is 311 g/mol. The third-order valence-electron chi connectivity index (χ3n) is 2.23. The van der Waals surface area contributed by atoms with Crippen LogP contribution in [-0.2, 0) is 3.79 Å². The molecule has 1 heterocycles. The van der Waals surface area contributed by atoms with Gasteiger partial charge in [0, 0.05) is 11.3 Å². The Morgan fingerprint density at radius 3 is 2.71 bits per heavy atom. The van der Waals surface area contributed by atoms with E-state index in [2.05, 4.69) is 4.99 Å². The molecule has 0 atom stereocenters. The second-order valence-corrected chi connectivity index (χ2v) is 6.77. The number of rotatable bonds is 1. The summed E-state index contributed by atoms with van der Waals surface area (Å²) in [4.78, 5) is 4.29. The van der Waals surface area contributed by atoms with E-state index in [0.717, 1.165) is 23.2 Å². The summed E-state index contributed by atoms with van der Waals surface area (Å²) < 4.78 is -1.44. The van der Waals surface area contributed by atoms with Gasteiger partial charge >= 0.3 is 0 Å². The predicted molar refractivity (Wildman–Crippen MR) is 77.1 cm³/mol. The molecule has 0 radical (unpaired) electrons. The van der Waals surface area contributed by atoms with E-state index >= 15 is 0 Å². The van der Waals surface area contributed by atoms with E-state index in [4.69, 9.17) is 40.6 Å².